The number of carbonyl (C=O) groups excluding carboxylic acids is 2. The van der Waals surface area contributed by atoms with Crippen molar-refractivity contribution in [2.75, 3.05) is 25.9 Å². The molecule has 1 aliphatic rings. The van der Waals surface area contributed by atoms with E-state index in [1.54, 1.807) is 24.3 Å². The second-order valence-corrected chi connectivity index (χ2v) is 9.57. The Bertz CT molecular complexity index is 1340. The van der Waals surface area contributed by atoms with Gasteiger partial charge in [-0.05, 0) is 49.6 Å². The zero-order valence-corrected chi connectivity index (χ0v) is 21.6. The first kappa shape index (κ1) is 26.2. The number of terminal acetylenes is 1. The number of aromatic nitrogens is 1. The largest absolute Gasteiger partial charge is 0.489 e. The van der Waals surface area contributed by atoms with E-state index < -0.39 is 0 Å². The molecule has 9 heteroatoms. The third kappa shape index (κ3) is 6.47. The predicted octanol–water partition coefficient (Wildman–Crippen LogP) is 3.21. The van der Waals surface area contributed by atoms with E-state index in [1.165, 1.54) is 11.8 Å². The van der Waals surface area contributed by atoms with E-state index in [4.69, 9.17) is 11.2 Å². The number of hydrogen-bond donors (Lipinski definition) is 2. The fraction of sp³-hybridized carbons (Fsp3) is 0.286. The molecule has 2 atom stereocenters. The van der Waals surface area contributed by atoms with Crippen LogP contribution in [-0.4, -0.2) is 59.2 Å². The summed E-state index contributed by atoms with van der Waals surface area (Å²) in [6, 6.07) is 16.9. The van der Waals surface area contributed by atoms with Gasteiger partial charge in [0.15, 0.2) is 0 Å². The van der Waals surface area contributed by atoms with E-state index in [9.17, 15) is 9.59 Å². The average molecular weight is 516 g/mol. The maximum atomic E-state index is 13.1. The Balaban J connectivity index is 1.42. The molecule has 2 aromatic carbocycles. The average Bonchev–Trinajstić information content (AvgIpc) is 3.29. The molecule has 8 nitrogen and oxygen atoms in total. The van der Waals surface area contributed by atoms with Crippen molar-refractivity contribution < 1.29 is 14.3 Å². The molecule has 0 saturated carbocycles. The van der Waals surface area contributed by atoms with Gasteiger partial charge in [-0.25, -0.2) is 5.43 Å². The van der Waals surface area contributed by atoms with Gasteiger partial charge < -0.3 is 10.1 Å². The van der Waals surface area contributed by atoms with Gasteiger partial charge in [0.25, 0.3) is 5.91 Å². The van der Waals surface area contributed by atoms with Crippen molar-refractivity contribution in [1.82, 2.24) is 20.6 Å². The zero-order chi connectivity index (χ0) is 26.2. The Labute approximate surface area is 220 Å². The Kier molecular flexibility index (Phi) is 8.77. The van der Waals surface area contributed by atoms with Crippen molar-refractivity contribution in [3.8, 4) is 18.1 Å². The molecule has 2 unspecified atom stereocenters. The Morgan fingerprint density at radius 3 is 2.78 bits per heavy atom. The molecule has 0 spiro atoms. The van der Waals surface area contributed by atoms with Gasteiger partial charge in [0, 0.05) is 41.2 Å². The van der Waals surface area contributed by atoms with Gasteiger partial charge in [0.2, 0.25) is 6.41 Å². The van der Waals surface area contributed by atoms with Gasteiger partial charge >= 0.3 is 0 Å². The molecule has 2 amide bonds. The van der Waals surface area contributed by atoms with Crippen LogP contribution in [0.3, 0.4) is 0 Å². The molecule has 0 radical (unpaired) electrons. The summed E-state index contributed by atoms with van der Waals surface area (Å²) in [5.74, 6) is 3.05. The Hall–Kier alpha value is -3.87. The number of fused-ring (bicyclic) bond motifs is 1. The van der Waals surface area contributed by atoms with Crippen LogP contribution in [0.4, 0.5) is 0 Å². The smallest absolute Gasteiger partial charge is 0.251 e. The normalized spacial score (nSPS) is 17.8. The lowest BCUT2D eigenvalue weighted by Crippen LogP contribution is -2.42. The summed E-state index contributed by atoms with van der Waals surface area (Å²) in [7, 11) is 0. The zero-order valence-electron chi connectivity index (χ0n) is 20.8. The quantitative estimate of drug-likeness (QED) is 0.149. The van der Waals surface area contributed by atoms with Gasteiger partial charge in [-0.15, -0.1) is 18.2 Å². The summed E-state index contributed by atoms with van der Waals surface area (Å²) in [5.41, 5.74) is 5.83. The molecule has 37 heavy (non-hydrogen) atoms. The monoisotopic (exact) mass is 515 g/mol. The Morgan fingerprint density at radius 2 is 2.05 bits per heavy atom. The summed E-state index contributed by atoms with van der Waals surface area (Å²) < 4.78 is 6.03. The molecule has 2 heterocycles. The second-order valence-electron chi connectivity index (χ2n) is 8.74. The lowest BCUT2D eigenvalue weighted by molar-refractivity contribution is -0.109. The van der Waals surface area contributed by atoms with E-state index in [0.29, 0.717) is 44.0 Å². The maximum absolute atomic E-state index is 13.1. The second kappa shape index (κ2) is 12.4. The lowest BCUT2D eigenvalue weighted by atomic mass is 10.0. The molecule has 3 aromatic rings. The van der Waals surface area contributed by atoms with Gasteiger partial charge in [0.05, 0.1) is 23.1 Å². The van der Waals surface area contributed by atoms with Crippen molar-refractivity contribution in [1.29, 1.82) is 0 Å². The number of aryl methyl sites for hydroxylation is 1. The highest BCUT2D eigenvalue weighted by molar-refractivity contribution is 8.13. The first-order chi connectivity index (χ1) is 18.0. The molecular weight excluding hydrogens is 486 g/mol. The van der Waals surface area contributed by atoms with Crippen molar-refractivity contribution in [2.24, 2.45) is 11.0 Å². The van der Waals surface area contributed by atoms with E-state index in [0.717, 1.165) is 27.2 Å². The SMILES string of the molecule is C#CCN1CC(NC(=O)c2ccc(OCc3cc(C)nc4ccccc34)cc2)C(/C(=N/NC=O)SC)C1. The summed E-state index contributed by atoms with van der Waals surface area (Å²) in [6.07, 6.45) is 7.92. The van der Waals surface area contributed by atoms with E-state index >= 15 is 0 Å². The van der Waals surface area contributed by atoms with Crippen molar-refractivity contribution in [3.05, 3.63) is 71.4 Å². The molecule has 0 bridgehead atoms. The third-order valence-corrected chi connectivity index (χ3v) is 7.03. The predicted molar refractivity (Wildman–Crippen MR) is 147 cm³/mol. The number of rotatable bonds is 9. The van der Waals surface area contributed by atoms with E-state index in [-0.39, 0.29) is 17.9 Å². The first-order valence-electron chi connectivity index (χ1n) is 11.9. The maximum Gasteiger partial charge on any atom is 0.251 e. The first-order valence-corrected chi connectivity index (χ1v) is 13.1. The summed E-state index contributed by atoms with van der Waals surface area (Å²) in [5, 5.41) is 9.08. The summed E-state index contributed by atoms with van der Waals surface area (Å²) in [4.78, 5) is 30.5. The highest BCUT2D eigenvalue weighted by atomic mass is 32.2. The highest BCUT2D eigenvalue weighted by Gasteiger charge is 2.37. The van der Waals surface area contributed by atoms with Crippen molar-refractivity contribution in [2.45, 2.75) is 19.6 Å². The minimum absolute atomic E-state index is 0.0824. The van der Waals surface area contributed by atoms with Crippen molar-refractivity contribution in [3.63, 3.8) is 0 Å². The number of thioether (sulfide) groups is 1. The molecular formula is C28H29N5O3S. The van der Waals surface area contributed by atoms with Crippen molar-refractivity contribution >= 4 is 40.0 Å². The molecule has 2 N–H and O–H groups in total. The van der Waals surface area contributed by atoms with Crippen LogP contribution < -0.4 is 15.5 Å². The fourth-order valence-corrected chi connectivity index (χ4v) is 5.23. The number of carbonyl (C=O) groups is 2. The van der Waals surface area contributed by atoms with Crippen LogP contribution in [0.2, 0.25) is 0 Å². The van der Waals surface area contributed by atoms with Crippen LogP contribution in [0, 0.1) is 25.2 Å². The van der Waals surface area contributed by atoms with Gasteiger partial charge in [0.1, 0.15) is 12.4 Å². The number of ether oxygens (including phenoxy) is 1. The molecule has 190 valence electrons. The number of nitrogens with one attached hydrogen (secondary N) is 2. The van der Waals surface area contributed by atoms with Gasteiger partial charge in [-0.1, -0.05) is 24.1 Å². The number of amides is 2. The highest BCUT2D eigenvalue weighted by Crippen LogP contribution is 2.24. The van der Waals surface area contributed by atoms with Crippen LogP contribution in [0.5, 0.6) is 5.75 Å². The number of benzene rings is 2. The lowest BCUT2D eigenvalue weighted by Gasteiger charge is -2.20. The number of likely N-dealkylation sites (tertiary alicyclic amines) is 1. The minimum Gasteiger partial charge on any atom is -0.489 e. The number of para-hydroxylation sites is 1. The number of hydrazone groups is 1. The van der Waals surface area contributed by atoms with Crippen LogP contribution in [0.15, 0.2) is 59.7 Å². The summed E-state index contributed by atoms with van der Waals surface area (Å²) in [6.45, 7) is 4.09. The van der Waals surface area contributed by atoms with Crippen LogP contribution in [0.25, 0.3) is 10.9 Å². The Morgan fingerprint density at radius 1 is 1.27 bits per heavy atom. The number of hydrogen-bond acceptors (Lipinski definition) is 7. The van der Waals surface area contributed by atoms with Crippen LogP contribution in [-0.2, 0) is 11.4 Å². The molecule has 1 aromatic heterocycles. The van der Waals surface area contributed by atoms with Crippen LogP contribution >= 0.6 is 11.8 Å². The van der Waals surface area contributed by atoms with E-state index in [1.807, 2.05) is 43.5 Å². The van der Waals surface area contributed by atoms with Gasteiger partial charge in [-0.2, -0.15) is 5.10 Å². The van der Waals surface area contributed by atoms with E-state index in [2.05, 4.69) is 31.6 Å². The van der Waals surface area contributed by atoms with Gasteiger partial charge in [-0.3, -0.25) is 19.5 Å². The molecule has 1 saturated heterocycles. The number of nitrogens with zero attached hydrogens (tertiary/aromatic N) is 3. The minimum atomic E-state index is -0.195. The topological polar surface area (TPSA) is 95.9 Å². The molecule has 4 rings (SSSR count). The third-order valence-electron chi connectivity index (χ3n) is 6.22. The molecule has 1 fully saturated rings. The summed E-state index contributed by atoms with van der Waals surface area (Å²) >= 11 is 1.44. The number of pyridine rings is 1. The molecule has 0 aliphatic carbocycles. The van der Waals surface area contributed by atoms with Crippen LogP contribution in [0.1, 0.15) is 21.6 Å². The fourth-order valence-electron chi connectivity index (χ4n) is 4.54. The standard InChI is InChI=1S/C28H29N5O3S/c1-4-13-33-15-24(28(37-3)32-29-18-34)26(16-33)31-27(35)20-9-11-22(12-10-20)36-17-21-14-19(2)30-25-8-6-5-7-23(21)25/h1,5-12,14,18,24,26H,13,15-17H2,2-3H3,(H,29,34)(H,31,35)/b32-28-. The molecule has 1 aliphatic heterocycles.